The van der Waals surface area contributed by atoms with Crippen LogP contribution < -0.4 is 5.32 Å². The summed E-state index contributed by atoms with van der Waals surface area (Å²) in [5.41, 5.74) is 0.737. The quantitative estimate of drug-likeness (QED) is 0.869. The average molecular weight is 301 g/mol. The van der Waals surface area contributed by atoms with Crippen LogP contribution in [-0.4, -0.2) is 59.5 Å². The Kier molecular flexibility index (Phi) is 5.39. The molecule has 1 saturated heterocycles. The molecule has 1 atom stereocenters. The molecule has 2 heterocycles. The predicted molar refractivity (Wildman–Crippen MR) is 76.8 cm³/mol. The minimum absolute atomic E-state index is 0.0510. The summed E-state index contributed by atoms with van der Waals surface area (Å²) in [5, 5.41) is 7.73. The fourth-order valence-electron chi connectivity index (χ4n) is 2.26. The number of hydrogen-bond donors (Lipinski definition) is 1. The van der Waals surface area contributed by atoms with E-state index in [1.54, 1.807) is 10.9 Å². The smallest absolute Gasteiger partial charge is 0.241 e. The standard InChI is InChI=1S/C13H21ClN4O2/c1-10(7-17-3-5-20-6-4-17)15-13(19)9-18-8-12(14)11(2)16-18/h8,10H,3-7,9H2,1-2H3,(H,15,19)/t10-/m1/s1. The van der Waals surface area contributed by atoms with E-state index >= 15 is 0 Å². The van der Waals surface area contributed by atoms with E-state index in [4.69, 9.17) is 16.3 Å². The maximum Gasteiger partial charge on any atom is 0.241 e. The van der Waals surface area contributed by atoms with Crippen molar-refractivity contribution in [1.29, 1.82) is 0 Å². The lowest BCUT2D eigenvalue weighted by Gasteiger charge is -2.29. The van der Waals surface area contributed by atoms with Crippen molar-refractivity contribution in [3.63, 3.8) is 0 Å². The highest BCUT2D eigenvalue weighted by atomic mass is 35.5. The van der Waals surface area contributed by atoms with Crippen molar-refractivity contribution >= 4 is 17.5 Å². The zero-order chi connectivity index (χ0) is 14.5. The minimum Gasteiger partial charge on any atom is -0.379 e. The van der Waals surface area contributed by atoms with Crippen molar-refractivity contribution < 1.29 is 9.53 Å². The number of amides is 1. The largest absolute Gasteiger partial charge is 0.379 e. The molecule has 1 aliphatic rings. The molecule has 0 aromatic carbocycles. The molecule has 0 spiro atoms. The number of aromatic nitrogens is 2. The Hall–Kier alpha value is -1.11. The summed E-state index contributed by atoms with van der Waals surface area (Å²) in [6.07, 6.45) is 1.67. The van der Waals surface area contributed by atoms with Gasteiger partial charge < -0.3 is 10.1 Å². The van der Waals surface area contributed by atoms with E-state index in [1.807, 2.05) is 13.8 Å². The molecule has 2 rings (SSSR count). The van der Waals surface area contributed by atoms with Gasteiger partial charge in [-0.05, 0) is 13.8 Å². The number of morpholine rings is 1. The maximum atomic E-state index is 11.9. The first-order valence-electron chi connectivity index (χ1n) is 6.83. The Morgan fingerprint density at radius 3 is 2.85 bits per heavy atom. The van der Waals surface area contributed by atoms with Gasteiger partial charge in [0.15, 0.2) is 0 Å². The Morgan fingerprint density at radius 1 is 1.55 bits per heavy atom. The van der Waals surface area contributed by atoms with Crippen LogP contribution in [0.3, 0.4) is 0 Å². The Labute approximate surface area is 124 Å². The van der Waals surface area contributed by atoms with E-state index in [0.29, 0.717) is 5.02 Å². The molecule has 1 aliphatic heterocycles. The first kappa shape index (κ1) is 15.3. The molecule has 6 nitrogen and oxygen atoms in total. The Balaban J connectivity index is 1.75. The molecule has 0 saturated carbocycles. The average Bonchev–Trinajstić information content (AvgIpc) is 2.68. The van der Waals surface area contributed by atoms with Gasteiger partial charge in [0.1, 0.15) is 6.54 Å². The molecule has 0 bridgehead atoms. The van der Waals surface area contributed by atoms with Gasteiger partial charge in [-0.1, -0.05) is 11.6 Å². The van der Waals surface area contributed by atoms with Gasteiger partial charge in [0.25, 0.3) is 0 Å². The van der Waals surface area contributed by atoms with Crippen molar-refractivity contribution in [3.05, 3.63) is 16.9 Å². The van der Waals surface area contributed by atoms with E-state index in [2.05, 4.69) is 15.3 Å². The van der Waals surface area contributed by atoms with Crippen molar-refractivity contribution in [2.45, 2.75) is 26.4 Å². The van der Waals surface area contributed by atoms with Crippen LogP contribution in [0.5, 0.6) is 0 Å². The zero-order valence-electron chi connectivity index (χ0n) is 11.9. The predicted octanol–water partition coefficient (Wildman–Crippen LogP) is 0.682. The van der Waals surface area contributed by atoms with E-state index in [-0.39, 0.29) is 18.5 Å². The molecule has 7 heteroatoms. The SMILES string of the molecule is Cc1nn(CC(=O)N[C@H](C)CN2CCOCC2)cc1Cl. The van der Waals surface area contributed by atoms with Gasteiger partial charge >= 0.3 is 0 Å². The van der Waals surface area contributed by atoms with E-state index < -0.39 is 0 Å². The Morgan fingerprint density at radius 2 is 2.25 bits per heavy atom. The number of nitrogens with one attached hydrogen (secondary N) is 1. The summed E-state index contributed by atoms with van der Waals surface area (Å²) in [6.45, 7) is 8.25. The van der Waals surface area contributed by atoms with Crippen LogP contribution in [0.4, 0.5) is 0 Å². The van der Waals surface area contributed by atoms with Crippen molar-refractivity contribution in [1.82, 2.24) is 20.0 Å². The summed E-state index contributed by atoms with van der Waals surface area (Å²) >= 11 is 5.91. The van der Waals surface area contributed by atoms with Crippen LogP contribution in [-0.2, 0) is 16.1 Å². The fourth-order valence-corrected chi connectivity index (χ4v) is 2.41. The number of ether oxygens (including phenoxy) is 1. The van der Waals surface area contributed by atoms with Crippen LogP contribution in [0.1, 0.15) is 12.6 Å². The van der Waals surface area contributed by atoms with Crippen LogP contribution in [0.15, 0.2) is 6.20 Å². The summed E-state index contributed by atoms with van der Waals surface area (Å²) in [5.74, 6) is -0.0510. The molecule has 112 valence electrons. The first-order chi connectivity index (χ1) is 9.54. The summed E-state index contributed by atoms with van der Waals surface area (Å²) in [4.78, 5) is 14.2. The van der Waals surface area contributed by atoms with Crippen LogP contribution in [0.2, 0.25) is 5.02 Å². The topological polar surface area (TPSA) is 59.4 Å². The lowest BCUT2D eigenvalue weighted by atomic mass is 10.3. The number of nitrogens with zero attached hydrogens (tertiary/aromatic N) is 3. The highest BCUT2D eigenvalue weighted by Crippen LogP contribution is 2.11. The van der Waals surface area contributed by atoms with Crippen LogP contribution in [0, 0.1) is 6.92 Å². The van der Waals surface area contributed by atoms with Crippen molar-refractivity contribution in [2.75, 3.05) is 32.8 Å². The van der Waals surface area contributed by atoms with Gasteiger partial charge in [0.05, 0.1) is 23.9 Å². The number of carbonyl (C=O) groups is 1. The normalized spacial score (nSPS) is 17.9. The molecular formula is C13H21ClN4O2. The fraction of sp³-hybridized carbons (Fsp3) is 0.692. The monoisotopic (exact) mass is 300 g/mol. The highest BCUT2D eigenvalue weighted by molar-refractivity contribution is 6.31. The van der Waals surface area contributed by atoms with Gasteiger partial charge in [0.2, 0.25) is 5.91 Å². The van der Waals surface area contributed by atoms with Crippen molar-refractivity contribution in [3.8, 4) is 0 Å². The number of halogens is 1. The second-order valence-corrected chi connectivity index (χ2v) is 5.55. The molecule has 1 fully saturated rings. The molecule has 0 aliphatic carbocycles. The summed E-state index contributed by atoms with van der Waals surface area (Å²) in [7, 11) is 0. The zero-order valence-corrected chi connectivity index (χ0v) is 12.7. The van der Waals surface area contributed by atoms with Gasteiger partial charge in [-0.2, -0.15) is 5.10 Å². The maximum absolute atomic E-state index is 11.9. The third-order valence-corrected chi connectivity index (χ3v) is 3.61. The molecular weight excluding hydrogens is 280 g/mol. The second-order valence-electron chi connectivity index (χ2n) is 5.14. The van der Waals surface area contributed by atoms with Crippen LogP contribution >= 0.6 is 11.6 Å². The van der Waals surface area contributed by atoms with E-state index in [1.165, 1.54) is 0 Å². The van der Waals surface area contributed by atoms with Gasteiger partial charge in [-0.3, -0.25) is 14.4 Å². The first-order valence-corrected chi connectivity index (χ1v) is 7.21. The van der Waals surface area contributed by atoms with Gasteiger partial charge in [-0.25, -0.2) is 0 Å². The molecule has 0 radical (unpaired) electrons. The van der Waals surface area contributed by atoms with E-state index in [9.17, 15) is 4.79 Å². The summed E-state index contributed by atoms with van der Waals surface area (Å²) < 4.78 is 6.87. The number of carbonyl (C=O) groups excluding carboxylic acids is 1. The minimum atomic E-state index is -0.0510. The summed E-state index contributed by atoms with van der Waals surface area (Å²) in [6, 6.07) is 0.104. The number of aryl methyl sites for hydroxylation is 1. The molecule has 1 amide bonds. The molecule has 1 aromatic rings. The lowest BCUT2D eigenvalue weighted by molar-refractivity contribution is -0.122. The van der Waals surface area contributed by atoms with E-state index in [0.717, 1.165) is 38.5 Å². The van der Waals surface area contributed by atoms with Gasteiger partial charge in [0, 0.05) is 31.9 Å². The lowest BCUT2D eigenvalue weighted by Crippen LogP contribution is -2.46. The second kappa shape index (κ2) is 7.06. The van der Waals surface area contributed by atoms with Gasteiger partial charge in [-0.15, -0.1) is 0 Å². The van der Waals surface area contributed by atoms with Crippen LogP contribution in [0.25, 0.3) is 0 Å². The third-order valence-electron chi connectivity index (χ3n) is 3.24. The third kappa shape index (κ3) is 4.47. The number of hydrogen-bond acceptors (Lipinski definition) is 4. The molecule has 1 N–H and O–H groups in total. The molecule has 1 aromatic heterocycles. The molecule has 20 heavy (non-hydrogen) atoms. The highest BCUT2D eigenvalue weighted by Gasteiger charge is 2.15. The van der Waals surface area contributed by atoms with Crippen molar-refractivity contribution in [2.24, 2.45) is 0 Å². The molecule has 0 unspecified atom stereocenters. The Bertz CT molecular complexity index is 438. The number of rotatable bonds is 5.